The third-order valence-corrected chi connectivity index (χ3v) is 4.45. The first-order valence-corrected chi connectivity index (χ1v) is 9.02. The summed E-state index contributed by atoms with van der Waals surface area (Å²) in [5.41, 5.74) is 0.345. The lowest BCUT2D eigenvalue weighted by molar-refractivity contribution is 0.0934. The third kappa shape index (κ3) is 4.89. The molecule has 0 aliphatic carbocycles. The van der Waals surface area contributed by atoms with E-state index in [9.17, 15) is 9.00 Å². The minimum Gasteiger partial charge on any atom is -0.348 e. The van der Waals surface area contributed by atoms with Gasteiger partial charge in [-0.2, -0.15) is 0 Å². The maximum absolute atomic E-state index is 12.1. The van der Waals surface area contributed by atoms with Crippen molar-refractivity contribution in [3.63, 3.8) is 0 Å². The van der Waals surface area contributed by atoms with Crippen LogP contribution in [0.25, 0.3) is 0 Å². The molecule has 2 heterocycles. The normalized spacial score (nSPS) is 19.1. The standard InChI is InChI=1S/C13H23N5O2S/c1-10(5-8-21(2)20)15-13(19)12-9-18(17-16-12)11-3-6-14-7-4-11/h9-11,14H,3-8H2,1-2H3,(H,15,19). The summed E-state index contributed by atoms with van der Waals surface area (Å²) in [5, 5.41) is 14.2. The van der Waals surface area contributed by atoms with Gasteiger partial charge in [0.1, 0.15) is 0 Å². The zero-order valence-electron chi connectivity index (χ0n) is 12.5. The number of amides is 1. The molecule has 1 aromatic rings. The SMILES string of the molecule is CC(CCS(C)=O)NC(=O)c1cn(C2CCNCC2)nn1. The summed E-state index contributed by atoms with van der Waals surface area (Å²) < 4.78 is 12.8. The maximum Gasteiger partial charge on any atom is 0.273 e. The van der Waals surface area contributed by atoms with Crippen LogP contribution in [0.3, 0.4) is 0 Å². The predicted octanol–water partition coefficient (Wildman–Crippen LogP) is 0.0895. The van der Waals surface area contributed by atoms with Crippen LogP contribution in [0.15, 0.2) is 6.20 Å². The molecule has 1 aromatic heterocycles. The van der Waals surface area contributed by atoms with Crippen LogP contribution >= 0.6 is 0 Å². The van der Waals surface area contributed by atoms with Crippen molar-refractivity contribution in [1.82, 2.24) is 25.6 Å². The van der Waals surface area contributed by atoms with Crippen LogP contribution in [0.2, 0.25) is 0 Å². The van der Waals surface area contributed by atoms with Crippen molar-refractivity contribution in [3.05, 3.63) is 11.9 Å². The predicted molar refractivity (Wildman–Crippen MR) is 81.6 cm³/mol. The molecule has 2 rings (SSSR count). The number of carbonyl (C=O) groups is 1. The van der Waals surface area contributed by atoms with Gasteiger partial charge in [0, 0.05) is 28.9 Å². The zero-order valence-corrected chi connectivity index (χ0v) is 13.4. The largest absolute Gasteiger partial charge is 0.348 e. The van der Waals surface area contributed by atoms with E-state index in [1.54, 1.807) is 17.1 Å². The Morgan fingerprint density at radius 1 is 1.57 bits per heavy atom. The van der Waals surface area contributed by atoms with Crippen molar-refractivity contribution < 1.29 is 9.00 Å². The van der Waals surface area contributed by atoms with Gasteiger partial charge < -0.3 is 10.6 Å². The number of rotatable bonds is 6. The van der Waals surface area contributed by atoms with Gasteiger partial charge in [-0.05, 0) is 39.3 Å². The Morgan fingerprint density at radius 2 is 2.29 bits per heavy atom. The van der Waals surface area contributed by atoms with Crippen LogP contribution < -0.4 is 10.6 Å². The minimum absolute atomic E-state index is 0.0227. The molecule has 1 saturated heterocycles. The molecular weight excluding hydrogens is 290 g/mol. The summed E-state index contributed by atoms with van der Waals surface area (Å²) in [6.07, 6.45) is 6.08. The van der Waals surface area contributed by atoms with E-state index in [1.807, 2.05) is 6.92 Å². The van der Waals surface area contributed by atoms with Gasteiger partial charge >= 0.3 is 0 Å². The number of hydrogen-bond donors (Lipinski definition) is 2. The van der Waals surface area contributed by atoms with E-state index in [0.29, 0.717) is 23.9 Å². The van der Waals surface area contributed by atoms with E-state index in [1.165, 1.54) is 0 Å². The smallest absolute Gasteiger partial charge is 0.273 e. The van der Waals surface area contributed by atoms with Gasteiger partial charge in [-0.25, -0.2) is 4.68 Å². The number of aromatic nitrogens is 3. The Labute approximate surface area is 127 Å². The highest BCUT2D eigenvalue weighted by Gasteiger charge is 2.19. The first-order valence-electron chi connectivity index (χ1n) is 7.29. The van der Waals surface area contributed by atoms with Gasteiger partial charge in [-0.15, -0.1) is 5.10 Å². The Kier molecular flexibility index (Phi) is 5.86. The fourth-order valence-corrected chi connectivity index (χ4v) is 3.03. The van der Waals surface area contributed by atoms with Crippen molar-refractivity contribution in [2.24, 2.45) is 0 Å². The second kappa shape index (κ2) is 7.65. The van der Waals surface area contributed by atoms with Crippen LogP contribution in [0.4, 0.5) is 0 Å². The molecule has 2 atom stereocenters. The molecule has 7 nitrogen and oxygen atoms in total. The van der Waals surface area contributed by atoms with Gasteiger partial charge in [0.2, 0.25) is 0 Å². The fraction of sp³-hybridized carbons (Fsp3) is 0.769. The molecule has 1 aliphatic heterocycles. The topological polar surface area (TPSA) is 88.9 Å². The van der Waals surface area contributed by atoms with E-state index in [-0.39, 0.29) is 11.9 Å². The summed E-state index contributed by atoms with van der Waals surface area (Å²) in [7, 11) is -0.834. The van der Waals surface area contributed by atoms with Gasteiger partial charge in [0.05, 0.1) is 12.2 Å². The first kappa shape index (κ1) is 16.1. The molecule has 2 unspecified atom stereocenters. The molecule has 0 saturated carbocycles. The van der Waals surface area contributed by atoms with Crippen molar-refractivity contribution in [2.45, 2.75) is 38.3 Å². The second-order valence-corrected chi connectivity index (χ2v) is 7.06. The minimum atomic E-state index is -0.834. The Balaban J connectivity index is 1.87. The lowest BCUT2D eigenvalue weighted by atomic mass is 10.1. The molecule has 8 heteroatoms. The van der Waals surface area contributed by atoms with E-state index < -0.39 is 10.8 Å². The Bertz CT molecular complexity index is 499. The highest BCUT2D eigenvalue weighted by atomic mass is 32.2. The number of carbonyl (C=O) groups excluding carboxylic acids is 1. The first-order chi connectivity index (χ1) is 10.1. The number of nitrogens with one attached hydrogen (secondary N) is 2. The number of piperidine rings is 1. The summed E-state index contributed by atoms with van der Waals surface area (Å²) in [6.45, 7) is 3.84. The molecule has 21 heavy (non-hydrogen) atoms. The van der Waals surface area contributed by atoms with Gasteiger partial charge in [0.15, 0.2) is 5.69 Å². The van der Waals surface area contributed by atoms with E-state index in [4.69, 9.17) is 0 Å². The number of nitrogens with zero attached hydrogens (tertiary/aromatic N) is 3. The average Bonchev–Trinajstić information content (AvgIpc) is 2.96. The molecule has 0 aromatic carbocycles. The summed E-state index contributed by atoms with van der Waals surface area (Å²) in [4.78, 5) is 12.1. The molecule has 1 amide bonds. The summed E-state index contributed by atoms with van der Waals surface area (Å²) in [6, 6.07) is 0.297. The van der Waals surface area contributed by atoms with Gasteiger partial charge in [0.25, 0.3) is 5.91 Å². The van der Waals surface area contributed by atoms with Crippen molar-refractivity contribution in [3.8, 4) is 0 Å². The summed E-state index contributed by atoms with van der Waals surface area (Å²) >= 11 is 0. The second-order valence-electron chi connectivity index (χ2n) is 5.51. The molecular formula is C13H23N5O2S. The van der Waals surface area contributed by atoms with E-state index in [0.717, 1.165) is 25.9 Å². The van der Waals surface area contributed by atoms with E-state index >= 15 is 0 Å². The van der Waals surface area contributed by atoms with Crippen molar-refractivity contribution in [2.75, 3.05) is 25.1 Å². The monoisotopic (exact) mass is 313 g/mol. The van der Waals surface area contributed by atoms with Gasteiger partial charge in [-0.1, -0.05) is 5.21 Å². The highest BCUT2D eigenvalue weighted by Crippen LogP contribution is 2.17. The molecule has 118 valence electrons. The fourth-order valence-electron chi connectivity index (χ4n) is 2.34. The number of hydrogen-bond acceptors (Lipinski definition) is 5. The lowest BCUT2D eigenvalue weighted by Gasteiger charge is -2.22. The Hall–Kier alpha value is -1.28. The highest BCUT2D eigenvalue weighted by molar-refractivity contribution is 7.84. The summed E-state index contributed by atoms with van der Waals surface area (Å²) in [5.74, 6) is 0.369. The molecule has 0 spiro atoms. The molecule has 1 aliphatic rings. The van der Waals surface area contributed by atoms with Crippen LogP contribution in [-0.4, -0.2) is 56.2 Å². The molecule has 0 radical (unpaired) electrons. The van der Waals surface area contributed by atoms with Gasteiger partial charge in [-0.3, -0.25) is 9.00 Å². The van der Waals surface area contributed by atoms with Crippen LogP contribution in [0.1, 0.15) is 42.7 Å². The van der Waals surface area contributed by atoms with Crippen LogP contribution in [0, 0.1) is 0 Å². The average molecular weight is 313 g/mol. The van der Waals surface area contributed by atoms with E-state index in [2.05, 4.69) is 20.9 Å². The van der Waals surface area contributed by atoms with Crippen molar-refractivity contribution in [1.29, 1.82) is 0 Å². The molecule has 2 N–H and O–H groups in total. The molecule has 0 bridgehead atoms. The van der Waals surface area contributed by atoms with Crippen LogP contribution in [-0.2, 0) is 10.8 Å². The molecule has 1 fully saturated rings. The Morgan fingerprint density at radius 3 is 2.95 bits per heavy atom. The zero-order chi connectivity index (χ0) is 15.2. The van der Waals surface area contributed by atoms with Crippen LogP contribution in [0.5, 0.6) is 0 Å². The third-order valence-electron chi connectivity index (χ3n) is 3.64. The van der Waals surface area contributed by atoms with Crippen molar-refractivity contribution >= 4 is 16.7 Å². The maximum atomic E-state index is 12.1. The lowest BCUT2D eigenvalue weighted by Crippen LogP contribution is -2.33. The quantitative estimate of drug-likeness (QED) is 0.777.